The topological polar surface area (TPSA) is 97.0 Å². The minimum atomic E-state index is -0.301. The van der Waals surface area contributed by atoms with Gasteiger partial charge in [-0.1, -0.05) is 36.4 Å². The van der Waals surface area contributed by atoms with Crippen LogP contribution in [0, 0.1) is 0 Å². The van der Waals surface area contributed by atoms with Crippen molar-refractivity contribution in [1.82, 2.24) is 20.3 Å². The summed E-state index contributed by atoms with van der Waals surface area (Å²) >= 11 is 2.88. The van der Waals surface area contributed by atoms with Gasteiger partial charge < -0.3 is 15.0 Å². The SMILES string of the molecule is COc1ccc(CNC(=O)[C@H](C)SCc2nc3scc(-c4ccccc4)c3c(=O)[nH]2)cn1. The second-order valence-corrected chi connectivity index (χ2v) is 9.28. The van der Waals surface area contributed by atoms with Crippen LogP contribution < -0.4 is 15.6 Å². The molecule has 0 aliphatic carbocycles. The van der Waals surface area contributed by atoms with E-state index in [2.05, 4.69) is 20.3 Å². The summed E-state index contributed by atoms with van der Waals surface area (Å²) < 4.78 is 5.03. The van der Waals surface area contributed by atoms with Crippen molar-refractivity contribution >= 4 is 39.2 Å². The lowest BCUT2D eigenvalue weighted by Gasteiger charge is -2.12. The molecule has 0 aliphatic heterocycles. The van der Waals surface area contributed by atoms with E-state index in [9.17, 15) is 9.59 Å². The molecule has 0 aliphatic rings. The molecular weight excluding hydrogens is 444 g/mol. The molecule has 0 bridgehead atoms. The van der Waals surface area contributed by atoms with E-state index in [1.54, 1.807) is 19.4 Å². The number of amides is 1. The standard InChI is InChI=1S/C23H22N4O3S2/c1-14(21(28)25-11-15-8-9-19(30-2)24-10-15)31-13-18-26-22(29)20-17(12-32-23(20)27-18)16-6-4-3-5-7-16/h3-10,12,14H,11,13H2,1-2H3,(H,25,28)(H,26,27,29)/t14-/m0/s1. The maximum atomic E-state index is 12.7. The third-order valence-corrected chi connectivity index (χ3v) is 6.92. The number of thiophene rings is 1. The summed E-state index contributed by atoms with van der Waals surface area (Å²) in [5.41, 5.74) is 2.61. The normalized spacial score (nSPS) is 11.9. The van der Waals surface area contributed by atoms with Gasteiger partial charge >= 0.3 is 0 Å². The Hall–Kier alpha value is -3.17. The summed E-state index contributed by atoms with van der Waals surface area (Å²) in [6.07, 6.45) is 1.67. The molecule has 4 rings (SSSR count). The Balaban J connectivity index is 1.38. The number of ether oxygens (including phenoxy) is 1. The van der Waals surface area contributed by atoms with Gasteiger partial charge in [-0.3, -0.25) is 9.59 Å². The summed E-state index contributed by atoms with van der Waals surface area (Å²) in [5.74, 6) is 1.44. The highest BCUT2D eigenvalue weighted by Gasteiger charge is 2.16. The number of hydrogen-bond acceptors (Lipinski definition) is 7. The lowest BCUT2D eigenvalue weighted by molar-refractivity contribution is -0.120. The van der Waals surface area contributed by atoms with Crippen LogP contribution in [0.2, 0.25) is 0 Å². The molecule has 0 fully saturated rings. The average Bonchev–Trinajstić information content (AvgIpc) is 3.26. The molecule has 164 valence electrons. The fourth-order valence-corrected chi connectivity index (χ4v) is 4.89. The van der Waals surface area contributed by atoms with Crippen molar-refractivity contribution in [3.05, 3.63) is 75.8 Å². The Morgan fingerprint density at radius 1 is 1.25 bits per heavy atom. The first-order valence-electron chi connectivity index (χ1n) is 9.99. The summed E-state index contributed by atoms with van der Waals surface area (Å²) in [6.45, 7) is 2.22. The van der Waals surface area contributed by atoms with Crippen molar-refractivity contribution < 1.29 is 9.53 Å². The number of nitrogens with one attached hydrogen (secondary N) is 2. The van der Waals surface area contributed by atoms with Gasteiger partial charge in [0.25, 0.3) is 5.56 Å². The predicted molar refractivity (Wildman–Crippen MR) is 129 cm³/mol. The number of H-pyrrole nitrogens is 1. The molecule has 1 atom stereocenters. The number of carbonyl (C=O) groups is 1. The number of methoxy groups -OCH3 is 1. The second-order valence-electron chi connectivity index (χ2n) is 7.09. The smallest absolute Gasteiger partial charge is 0.260 e. The first kappa shape index (κ1) is 22.0. The summed E-state index contributed by atoms with van der Waals surface area (Å²) in [7, 11) is 1.56. The maximum Gasteiger partial charge on any atom is 0.260 e. The summed E-state index contributed by atoms with van der Waals surface area (Å²) in [5, 5.41) is 5.17. The Morgan fingerprint density at radius 2 is 2.06 bits per heavy atom. The zero-order chi connectivity index (χ0) is 22.5. The molecule has 7 nitrogen and oxygen atoms in total. The number of aromatic amines is 1. The van der Waals surface area contributed by atoms with Crippen LogP contribution in [0.25, 0.3) is 21.3 Å². The molecule has 1 aromatic carbocycles. The fourth-order valence-electron chi connectivity index (χ4n) is 3.14. The number of carbonyl (C=O) groups excluding carboxylic acids is 1. The van der Waals surface area contributed by atoms with Gasteiger partial charge in [-0.15, -0.1) is 23.1 Å². The van der Waals surface area contributed by atoms with Crippen molar-refractivity contribution in [1.29, 1.82) is 0 Å². The van der Waals surface area contributed by atoms with E-state index < -0.39 is 0 Å². The van der Waals surface area contributed by atoms with Crippen molar-refractivity contribution in [3.8, 4) is 17.0 Å². The molecule has 2 N–H and O–H groups in total. The zero-order valence-corrected chi connectivity index (χ0v) is 19.3. The van der Waals surface area contributed by atoms with Gasteiger partial charge in [-0.2, -0.15) is 0 Å². The second kappa shape index (κ2) is 9.97. The number of thioether (sulfide) groups is 1. The van der Waals surface area contributed by atoms with Gasteiger partial charge in [-0.25, -0.2) is 9.97 Å². The first-order chi connectivity index (χ1) is 15.5. The van der Waals surface area contributed by atoms with Gasteiger partial charge in [0, 0.05) is 29.8 Å². The molecule has 3 aromatic heterocycles. The van der Waals surface area contributed by atoms with Gasteiger partial charge in [0.05, 0.1) is 23.5 Å². The summed E-state index contributed by atoms with van der Waals surface area (Å²) in [4.78, 5) is 37.5. The van der Waals surface area contributed by atoms with Gasteiger partial charge in [-0.05, 0) is 18.1 Å². The third-order valence-electron chi connectivity index (χ3n) is 4.89. The van der Waals surface area contributed by atoms with E-state index in [0.717, 1.165) is 16.7 Å². The molecule has 32 heavy (non-hydrogen) atoms. The van der Waals surface area contributed by atoms with E-state index in [1.165, 1.54) is 23.1 Å². The Morgan fingerprint density at radius 3 is 2.78 bits per heavy atom. The number of benzene rings is 1. The highest BCUT2D eigenvalue weighted by Crippen LogP contribution is 2.30. The summed E-state index contributed by atoms with van der Waals surface area (Å²) in [6, 6.07) is 13.4. The predicted octanol–water partition coefficient (Wildman–Crippen LogP) is 3.99. The Labute approximate surface area is 193 Å². The van der Waals surface area contributed by atoms with E-state index in [0.29, 0.717) is 34.2 Å². The Bertz CT molecular complexity index is 1270. The van der Waals surface area contributed by atoms with Crippen LogP contribution in [0.3, 0.4) is 0 Å². The maximum absolute atomic E-state index is 12.7. The fraction of sp³-hybridized carbons (Fsp3) is 0.217. The highest BCUT2D eigenvalue weighted by atomic mass is 32.2. The highest BCUT2D eigenvalue weighted by molar-refractivity contribution is 7.99. The van der Waals surface area contributed by atoms with E-state index >= 15 is 0 Å². The van der Waals surface area contributed by atoms with Crippen molar-refractivity contribution in [2.24, 2.45) is 0 Å². The molecule has 1 amide bonds. The number of hydrogen-bond donors (Lipinski definition) is 2. The third kappa shape index (κ3) is 5.00. The molecule has 0 spiro atoms. The monoisotopic (exact) mass is 466 g/mol. The Kier molecular flexibility index (Phi) is 6.87. The zero-order valence-electron chi connectivity index (χ0n) is 17.6. The van der Waals surface area contributed by atoms with Gasteiger partial charge in [0.2, 0.25) is 11.8 Å². The van der Waals surface area contributed by atoms with Crippen LogP contribution in [0.5, 0.6) is 5.88 Å². The largest absolute Gasteiger partial charge is 0.481 e. The lowest BCUT2D eigenvalue weighted by Crippen LogP contribution is -2.30. The van der Waals surface area contributed by atoms with Crippen molar-refractivity contribution in [2.45, 2.75) is 24.5 Å². The van der Waals surface area contributed by atoms with Crippen molar-refractivity contribution in [2.75, 3.05) is 7.11 Å². The van der Waals surface area contributed by atoms with Crippen LogP contribution in [0.1, 0.15) is 18.3 Å². The molecule has 0 saturated heterocycles. The van der Waals surface area contributed by atoms with Crippen LogP contribution >= 0.6 is 23.1 Å². The van der Waals surface area contributed by atoms with E-state index in [-0.39, 0.29) is 16.7 Å². The van der Waals surface area contributed by atoms with Crippen LogP contribution in [0.4, 0.5) is 0 Å². The van der Waals surface area contributed by atoms with Gasteiger partial charge in [0.15, 0.2) is 0 Å². The quantitative estimate of drug-likeness (QED) is 0.408. The first-order valence-corrected chi connectivity index (χ1v) is 11.9. The molecule has 0 saturated carbocycles. The number of aromatic nitrogens is 3. The van der Waals surface area contributed by atoms with Crippen LogP contribution in [-0.2, 0) is 17.1 Å². The lowest BCUT2D eigenvalue weighted by atomic mass is 10.1. The molecular formula is C23H22N4O3S2. The minimum absolute atomic E-state index is 0.0864. The van der Waals surface area contributed by atoms with Gasteiger partial charge in [0.1, 0.15) is 10.7 Å². The molecule has 3 heterocycles. The molecule has 0 radical (unpaired) electrons. The minimum Gasteiger partial charge on any atom is -0.481 e. The van der Waals surface area contributed by atoms with Crippen LogP contribution in [0.15, 0.2) is 58.8 Å². The van der Waals surface area contributed by atoms with Crippen LogP contribution in [-0.4, -0.2) is 33.2 Å². The molecule has 9 heteroatoms. The van der Waals surface area contributed by atoms with Crippen molar-refractivity contribution in [3.63, 3.8) is 0 Å². The molecule has 0 unspecified atom stereocenters. The van der Waals surface area contributed by atoms with E-state index in [4.69, 9.17) is 4.74 Å². The number of rotatable bonds is 8. The number of nitrogens with zero attached hydrogens (tertiary/aromatic N) is 2. The number of pyridine rings is 1. The molecule has 4 aromatic rings. The van der Waals surface area contributed by atoms with E-state index in [1.807, 2.05) is 48.7 Å². The average molecular weight is 467 g/mol. The number of fused-ring (bicyclic) bond motifs is 1.